The lowest BCUT2D eigenvalue weighted by Crippen LogP contribution is -2.21. The van der Waals surface area contributed by atoms with Gasteiger partial charge in [0.15, 0.2) is 0 Å². The number of hydrogen-bond acceptors (Lipinski definition) is 5. The van der Waals surface area contributed by atoms with Gasteiger partial charge in [0.2, 0.25) is 0 Å². The first-order valence-electron chi connectivity index (χ1n) is 9.76. The second-order valence-corrected chi connectivity index (χ2v) is 8.38. The molecule has 4 rings (SSSR count). The lowest BCUT2D eigenvalue weighted by molar-refractivity contribution is 0.0378. The molecule has 0 saturated carbocycles. The van der Waals surface area contributed by atoms with Gasteiger partial charge < -0.3 is 4.74 Å². The zero-order chi connectivity index (χ0) is 21.3. The van der Waals surface area contributed by atoms with Gasteiger partial charge in [-0.15, -0.1) is 11.3 Å². The SMILES string of the molecule is Cc1ccc(-c2csc3ncn(Cc4ccc(C(=O)OC(C)C)cc4)c(=O)c23)cc1. The quantitative estimate of drug-likeness (QED) is 0.426. The molecule has 152 valence electrons. The Morgan fingerprint density at radius 3 is 2.47 bits per heavy atom. The van der Waals surface area contributed by atoms with Crippen molar-refractivity contribution in [2.45, 2.75) is 33.4 Å². The van der Waals surface area contributed by atoms with Crippen molar-refractivity contribution < 1.29 is 9.53 Å². The van der Waals surface area contributed by atoms with Crippen LogP contribution in [0, 0.1) is 6.92 Å². The van der Waals surface area contributed by atoms with Crippen LogP contribution < -0.4 is 5.56 Å². The number of benzene rings is 2. The summed E-state index contributed by atoms with van der Waals surface area (Å²) < 4.78 is 6.82. The summed E-state index contributed by atoms with van der Waals surface area (Å²) in [5.41, 5.74) is 4.43. The molecule has 30 heavy (non-hydrogen) atoms. The van der Waals surface area contributed by atoms with Crippen LogP contribution in [0.4, 0.5) is 0 Å². The normalized spacial score (nSPS) is 11.2. The zero-order valence-corrected chi connectivity index (χ0v) is 17.9. The van der Waals surface area contributed by atoms with Crippen LogP contribution in [0.1, 0.15) is 35.3 Å². The fourth-order valence-corrected chi connectivity index (χ4v) is 4.16. The summed E-state index contributed by atoms with van der Waals surface area (Å²) in [5, 5.41) is 2.63. The summed E-state index contributed by atoms with van der Waals surface area (Å²) in [7, 11) is 0. The third kappa shape index (κ3) is 4.04. The molecular weight excluding hydrogens is 396 g/mol. The Balaban J connectivity index is 1.64. The number of aryl methyl sites for hydroxylation is 1. The largest absolute Gasteiger partial charge is 0.459 e. The summed E-state index contributed by atoms with van der Waals surface area (Å²) in [6.45, 7) is 6.05. The van der Waals surface area contributed by atoms with E-state index in [2.05, 4.69) is 4.98 Å². The van der Waals surface area contributed by atoms with E-state index in [-0.39, 0.29) is 17.6 Å². The van der Waals surface area contributed by atoms with Gasteiger partial charge in [0.25, 0.3) is 5.56 Å². The molecule has 4 aromatic rings. The van der Waals surface area contributed by atoms with Crippen molar-refractivity contribution in [2.75, 3.05) is 0 Å². The van der Waals surface area contributed by atoms with Crippen molar-refractivity contribution in [1.29, 1.82) is 0 Å². The molecule has 0 atom stereocenters. The van der Waals surface area contributed by atoms with Crippen LogP contribution in [-0.2, 0) is 11.3 Å². The van der Waals surface area contributed by atoms with Crippen molar-refractivity contribution in [3.05, 3.63) is 87.3 Å². The Morgan fingerprint density at radius 2 is 1.80 bits per heavy atom. The van der Waals surface area contributed by atoms with Gasteiger partial charge in [-0.1, -0.05) is 42.0 Å². The van der Waals surface area contributed by atoms with Gasteiger partial charge in [0.05, 0.1) is 29.9 Å². The molecule has 2 aromatic carbocycles. The number of carbonyl (C=O) groups excluding carboxylic acids is 1. The Hall–Kier alpha value is -3.25. The molecule has 0 aliphatic heterocycles. The van der Waals surface area contributed by atoms with Gasteiger partial charge in [0.1, 0.15) is 4.83 Å². The van der Waals surface area contributed by atoms with Crippen molar-refractivity contribution in [3.8, 4) is 11.1 Å². The maximum Gasteiger partial charge on any atom is 0.338 e. The number of thiophene rings is 1. The molecule has 0 saturated heterocycles. The average molecular weight is 419 g/mol. The van der Waals surface area contributed by atoms with E-state index in [1.165, 1.54) is 16.9 Å². The second kappa shape index (κ2) is 8.24. The third-order valence-corrected chi connectivity index (χ3v) is 5.69. The first-order chi connectivity index (χ1) is 14.4. The first kappa shape index (κ1) is 20.0. The lowest BCUT2D eigenvalue weighted by Gasteiger charge is -2.09. The van der Waals surface area contributed by atoms with Crippen LogP contribution in [0.15, 0.2) is 65.0 Å². The number of fused-ring (bicyclic) bond motifs is 1. The van der Waals surface area contributed by atoms with Gasteiger partial charge >= 0.3 is 5.97 Å². The van der Waals surface area contributed by atoms with E-state index < -0.39 is 0 Å². The minimum Gasteiger partial charge on any atom is -0.459 e. The van der Waals surface area contributed by atoms with Crippen LogP contribution in [0.2, 0.25) is 0 Å². The van der Waals surface area contributed by atoms with E-state index in [9.17, 15) is 9.59 Å². The molecule has 0 spiro atoms. The monoisotopic (exact) mass is 418 g/mol. The summed E-state index contributed by atoms with van der Waals surface area (Å²) in [6.07, 6.45) is 1.42. The number of aromatic nitrogens is 2. The highest BCUT2D eigenvalue weighted by molar-refractivity contribution is 7.17. The highest BCUT2D eigenvalue weighted by Gasteiger charge is 2.14. The summed E-state index contributed by atoms with van der Waals surface area (Å²) in [6, 6.07) is 15.3. The van der Waals surface area contributed by atoms with Crippen molar-refractivity contribution >= 4 is 27.5 Å². The smallest absolute Gasteiger partial charge is 0.338 e. The topological polar surface area (TPSA) is 61.2 Å². The molecule has 6 heteroatoms. The van der Waals surface area contributed by atoms with E-state index in [1.807, 2.05) is 62.5 Å². The predicted octanol–water partition coefficient (Wildman–Crippen LogP) is 5.05. The maximum absolute atomic E-state index is 13.2. The van der Waals surface area contributed by atoms with Gasteiger partial charge in [-0.2, -0.15) is 0 Å². The zero-order valence-electron chi connectivity index (χ0n) is 17.1. The standard InChI is InChI=1S/C24H22N2O3S/c1-15(2)29-24(28)19-10-6-17(7-11-19)12-26-14-25-22-21(23(26)27)20(13-30-22)18-8-4-16(3)5-9-18/h4-11,13-15H,12H2,1-3H3. The highest BCUT2D eigenvalue weighted by atomic mass is 32.1. The van der Waals surface area contributed by atoms with Crippen LogP contribution in [0.5, 0.6) is 0 Å². The molecule has 2 heterocycles. The fraction of sp³-hybridized carbons (Fsp3) is 0.208. The number of nitrogens with zero attached hydrogens (tertiary/aromatic N) is 2. The van der Waals surface area contributed by atoms with Crippen molar-refractivity contribution in [1.82, 2.24) is 9.55 Å². The molecule has 0 unspecified atom stereocenters. The molecule has 0 bridgehead atoms. The fourth-order valence-electron chi connectivity index (χ4n) is 3.25. The van der Waals surface area contributed by atoms with E-state index in [0.717, 1.165) is 21.5 Å². The molecule has 5 nitrogen and oxygen atoms in total. The van der Waals surface area contributed by atoms with E-state index >= 15 is 0 Å². The molecule has 0 aliphatic carbocycles. The average Bonchev–Trinajstić information content (AvgIpc) is 3.15. The van der Waals surface area contributed by atoms with Crippen LogP contribution in [-0.4, -0.2) is 21.6 Å². The number of carbonyl (C=O) groups is 1. The first-order valence-corrected chi connectivity index (χ1v) is 10.6. The van der Waals surface area contributed by atoms with Gasteiger partial charge in [-0.25, -0.2) is 9.78 Å². The molecule has 0 aliphatic rings. The molecule has 0 radical (unpaired) electrons. The van der Waals surface area contributed by atoms with Gasteiger partial charge in [0, 0.05) is 10.9 Å². The minimum absolute atomic E-state index is 0.0693. The molecule has 2 aromatic heterocycles. The number of ether oxygens (including phenoxy) is 1. The molecule has 0 amide bonds. The lowest BCUT2D eigenvalue weighted by atomic mass is 10.1. The second-order valence-electron chi connectivity index (χ2n) is 7.52. The molecular formula is C24H22N2O3S. The van der Waals surface area contributed by atoms with E-state index in [4.69, 9.17) is 4.74 Å². The van der Waals surface area contributed by atoms with Crippen LogP contribution in [0.25, 0.3) is 21.3 Å². The van der Waals surface area contributed by atoms with E-state index in [0.29, 0.717) is 17.5 Å². The minimum atomic E-state index is -0.349. The van der Waals surface area contributed by atoms with Crippen molar-refractivity contribution in [3.63, 3.8) is 0 Å². The van der Waals surface area contributed by atoms with Gasteiger partial charge in [-0.3, -0.25) is 9.36 Å². The molecule has 0 N–H and O–H groups in total. The third-order valence-electron chi connectivity index (χ3n) is 4.81. The number of hydrogen-bond donors (Lipinski definition) is 0. The molecule has 0 fully saturated rings. The van der Waals surface area contributed by atoms with Crippen molar-refractivity contribution in [2.24, 2.45) is 0 Å². The summed E-state index contributed by atoms with van der Waals surface area (Å²) >= 11 is 1.48. The summed E-state index contributed by atoms with van der Waals surface area (Å²) in [4.78, 5) is 30.4. The van der Waals surface area contributed by atoms with Crippen LogP contribution in [0.3, 0.4) is 0 Å². The van der Waals surface area contributed by atoms with Gasteiger partial charge in [-0.05, 0) is 44.0 Å². The Bertz CT molecular complexity index is 1250. The Morgan fingerprint density at radius 1 is 1.10 bits per heavy atom. The number of rotatable bonds is 5. The summed E-state index contributed by atoms with van der Waals surface area (Å²) in [5.74, 6) is -0.349. The Labute approximate surface area is 178 Å². The van der Waals surface area contributed by atoms with Crippen LogP contribution >= 0.6 is 11.3 Å². The van der Waals surface area contributed by atoms with E-state index in [1.54, 1.807) is 23.0 Å². The maximum atomic E-state index is 13.2. The highest BCUT2D eigenvalue weighted by Crippen LogP contribution is 2.30. The Kier molecular flexibility index (Phi) is 5.50. The number of esters is 1. The predicted molar refractivity (Wildman–Crippen MR) is 120 cm³/mol.